The first-order valence-corrected chi connectivity index (χ1v) is 6.21. The Bertz CT molecular complexity index is 423. The number of anilines is 1. The first kappa shape index (κ1) is 13.6. The molecule has 1 aromatic rings. The molecule has 1 saturated heterocycles. The molecule has 1 atom stereocenters. The zero-order chi connectivity index (χ0) is 13.7. The summed E-state index contributed by atoms with van der Waals surface area (Å²) in [6.07, 6.45) is 0. The highest BCUT2D eigenvalue weighted by atomic mass is 16.5. The maximum Gasteiger partial charge on any atom is 0.242 e. The molecule has 1 unspecified atom stereocenters. The molecule has 0 aromatic heterocycles. The fourth-order valence-electron chi connectivity index (χ4n) is 1.95. The summed E-state index contributed by atoms with van der Waals surface area (Å²) in [6.45, 7) is 2.31. The van der Waals surface area contributed by atoms with Crippen molar-refractivity contribution in [1.29, 1.82) is 0 Å². The van der Waals surface area contributed by atoms with E-state index in [-0.39, 0.29) is 11.9 Å². The molecule has 19 heavy (non-hydrogen) atoms. The predicted molar refractivity (Wildman–Crippen MR) is 72.8 cm³/mol. The molecule has 1 heterocycles. The van der Waals surface area contributed by atoms with Gasteiger partial charge in [-0.1, -0.05) is 0 Å². The fraction of sp³-hybridized carbons (Fsp3) is 0.462. The van der Waals surface area contributed by atoms with Crippen LogP contribution in [0.4, 0.5) is 5.69 Å². The molecule has 6 nitrogen and oxygen atoms in total. The Labute approximate surface area is 112 Å². The quantitative estimate of drug-likeness (QED) is 0.725. The van der Waals surface area contributed by atoms with Crippen molar-refractivity contribution < 1.29 is 14.3 Å². The van der Waals surface area contributed by atoms with Gasteiger partial charge in [0.05, 0.1) is 20.3 Å². The van der Waals surface area contributed by atoms with Crippen molar-refractivity contribution in [3.63, 3.8) is 0 Å². The van der Waals surface area contributed by atoms with Crippen molar-refractivity contribution in [2.24, 2.45) is 0 Å². The normalized spacial score (nSPS) is 18.7. The lowest BCUT2D eigenvalue weighted by atomic mass is 10.2. The lowest BCUT2D eigenvalue weighted by Gasteiger charge is -2.23. The topological polar surface area (TPSA) is 71.6 Å². The van der Waals surface area contributed by atoms with Gasteiger partial charge in [0.1, 0.15) is 11.5 Å². The van der Waals surface area contributed by atoms with Crippen LogP contribution in [0.15, 0.2) is 18.2 Å². The summed E-state index contributed by atoms with van der Waals surface area (Å²) >= 11 is 0. The average molecular weight is 265 g/mol. The zero-order valence-electron chi connectivity index (χ0n) is 11.2. The summed E-state index contributed by atoms with van der Waals surface area (Å²) in [5.74, 6) is 1.22. The summed E-state index contributed by atoms with van der Waals surface area (Å²) in [6, 6.07) is 5.06. The second-order valence-corrected chi connectivity index (χ2v) is 4.30. The molecule has 1 aromatic carbocycles. The Morgan fingerprint density at radius 3 is 2.42 bits per heavy atom. The molecule has 2 rings (SSSR count). The van der Waals surface area contributed by atoms with Gasteiger partial charge in [0.2, 0.25) is 5.91 Å². The van der Waals surface area contributed by atoms with Gasteiger partial charge < -0.3 is 25.4 Å². The largest absolute Gasteiger partial charge is 0.497 e. The van der Waals surface area contributed by atoms with E-state index >= 15 is 0 Å². The predicted octanol–water partition coefficient (Wildman–Crippen LogP) is 0.204. The minimum atomic E-state index is -0.217. The Morgan fingerprint density at radius 1 is 1.21 bits per heavy atom. The standard InChI is InChI=1S/C13H19N3O3/c1-18-10-5-9(6-11(7-10)19-2)16-13(17)12-8-14-3-4-15-12/h5-7,12,14-15H,3-4,8H2,1-2H3,(H,16,17). The molecular weight excluding hydrogens is 246 g/mol. The average Bonchev–Trinajstić information content (AvgIpc) is 2.47. The summed E-state index contributed by atoms with van der Waals surface area (Å²) < 4.78 is 10.3. The Hall–Kier alpha value is -1.79. The van der Waals surface area contributed by atoms with Crippen molar-refractivity contribution in [1.82, 2.24) is 10.6 Å². The van der Waals surface area contributed by atoms with Gasteiger partial charge >= 0.3 is 0 Å². The van der Waals surface area contributed by atoms with E-state index in [1.165, 1.54) is 0 Å². The fourth-order valence-corrected chi connectivity index (χ4v) is 1.95. The summed E-state index contributed by atoms with van der Waals surface area (Å²) in [5.41, 5.74) is 0.661. The Kier molecular flexibility index (Phi) is 4.59. The van der Waals surface area contributed by atoms with Crippen LogP contribution < -0.4 is 25.4 Å². The van der Waals surface area contributed by atoms with Crippen molar-refractivity contribution in [2.45, 2.75) is 6.04 Å². The van der Waals surface area contributed by atoms with E-state index in [0.717, 1.165) is 13.1 Å². The van der Waals surface area contributed by atoms with Gasteiger partial charge in [-0.3, -0.25) is 4.79 Å². The van der Waals surface area contributed by atoms with Gasteiger partial charge in [0, 0.05) is 43.5 Å². The van der Waals surface area contributed by atoms with Crippen LogP contribution in [-0.4, -0.2) is 45.8 Å². The zero-order valence-corrected chi connectivity index (χ0v) is 11.2. The molecule has 1 fully saturated rings. The molecular formula is C13H19N3O3. The molecule has 1 aliphatic heterocycles. The highest BCUT2D eigenvalue weighted by molar-refractivity contribution is 5.95. The van der Waals surface area contributed by atoms with Crippen LogP contribution in [0.2, 0.25) is 0 Å². The second kappa shape index (κ2) is 6.40. The SMILES string of the molecule is COc1cc(NC(=O)C2CNCCN2)cc(OC)c1. The lowest BCUT2D eigenvalue weighted by Crippen LogP contribution is -2.54. The molecule has 0 bridgehead atoms. The number of ether oxygens (including phenoxy) is 2. The molecule has 3 N–H and O–H groups in total. The smallest absolute Gasteiger partial charge is 0.242 e. The minimum absolute atomic E-state index is 0.0671. The van der Waals surface area contributed by atoms with Crippen LogP contribution in [0, 0.1) is 0 Å². The monoisotopic (exact) mass is 265 g/mol. The number of methoxy groups -OCH3 is 2. The van der Waals surface area contributed by atoms with E-state index in [1.54, 1.807) is 32.4 Å². The number of benzene rings is 1. The number of carbonyl (C=O) groups is 1. The number of nitrogens with one attached hydrogen (secondary N) is 3. The lowest BCUT2D eigenvalue weighted by molar-refractivity contribution is -0.118. The number of rotatable bonds is 4. The Balaban J connectivity index is 2.06. The molecule has 0 saturated carbocycles. The van der Waals surface area contributed by atoms with E-state index in [4.69, 9.17) is 9.47 Å². The molecule has 0 aliphatic carbocycles. The minimum Gasteiger partial charge on any atom is -0.497 e. The second-order valence-electron chi connectivity index (χ2n) is 4.30. The molecule has 0 radical (unpaired) electrons. The third-order valence-electron chi connectivity index (χ3n) is 2.98. The molecule has 104 valence electrons. The molecule has 0 spiro atoms. The van der Waals surface area contributed by atoms with Crippen LogP contribution in [0.25, 0.3) is 0 Å². The number of carbonyl (C=O) groups excluding carboxylic acids is 1. The highest BCUT2D eigenvalue weighted by Crippen LogP contribution is 2.25. The third-order valence-corrected chi connectivity index (χ3v) is 2.98. The van der Waals surface area contributed by atoms with E-state index in [1.807, 2.05) is 0 Å². The van der Waals surface area contributed by atoms with E-state index < -0.39 is 0 Å². The van der Waals surface area contributed by atoms with E-state index in [9.17, 15) is 4.79 Å². The first-order chi connectivity index (χ1) is 9.22. The highest BCUT2D eigenvalue weighted by Gasteiger charge is 2.20. The van der Waals surface area contributed by atoms with Gasteiger partial charge in [-0.05, 0) is 0 Å². The van der Waals surface area contributed by atoms with Crippen molar-refractivity contribution >= 4 is 11.6 Å². The Morgan fingerprint density at radius 2 is 1.89 bits per heavy atom. The van der Waals surface area contributed by atoms with E-state index in [0.29, 0.717) is 23.7 Å². The van der Waals surface area contributed by atoms with Crippen molar-refractivity contribution in [3.8, 4) is 11.5 Å². The molecule has 6 heteroatoms. The van der Waals surface area contributed by atoms with Gasteiger partial charge in [-0.25, -0.2) is 0 Å². The first-order valence-electron chi connectivity index (χ1n) is 6.21. The molecule has 1 aliphatic rings. The van der Waals surface area contributed by atoms with Crippen LogP contribution in [0.5, 0.6) is 11.5 Å². The number of hydrogen-bond donors (Lipinski definition) is 3. The van der Waals surface area contributed by atoms with Gasteiger partial charge in [-0.15, -0.1) is 0 Å². The van der Waals surface area contributed by atoms with Gasteiger partial charge in [-0.2, -0.15) is 0 Å². The van der Waals surface area contributed by atoms with Gasteiger partial charge in [0.25, 0.3) is 0 Å². The van der Waals surface area contributed by atoms with Crippen molar-refractivity contribution in [3.05, 3.63) is 18.2 Å². The maximum atomic E-state index is 12.1. The molecule has 1 amide bonds. The van der Waals surface area contributed by atoms with E-state index in [2.05, 4.69) is 16.0 Å². The summed E-state index contributed by atoms with van der Waals surface area (Å²) in [5, 5.41) is 9.19. The van der Waals surface area contributed by atoms with Crippen LogP contribution in [0.1, 0.15) is 0 Å². The summed E-state index contributed by atoms with van der Waals surface area (Å²) in [7, 11) is 3.15. The maximum absolute atomic E-state index is 12.1. The van der Waals surface area contributed by atoms with Crippen molar-refractivity contribution in [2.75, 3.05) is 39.2 Å². The van der Waals surface area contributed by atoms with Crippen LogP contribution >= 0.6 is 0 Å². The third kappa shape index (κ3) is 3.59. The summed E-state index contributed by atoms with van der Waals surface area (Å²) in [4.78, 5) is 12.1. The number of amides is 1. The number of hydrogen-bond acceptors (Lipinski definition) is 5. The van der Waals surface area contributed by atoms with Crippen LogP contribution in [-0.2, 0) is 4.79 Å². The number of piperazine rings is 1. The van der Waals surface area contributed by atoms with Gasteiger partial charge in [0.15, 0.2) is 0 Å². The van der Waals surface area contributed by atoms with Crippen LogP contribution in [0.3, 0.4) is 0 Å².